The molecule has 2 atom stereocenters. The fraction of sp³-hybridized carbons (Fsp3) is 0.471. The smallest absolute Gasteiger partial charge is 0.207 e. The van der Waals surface area contributed by atoms with E-state index in [4.69, 9.17) is 20.0 Å². The molecule has 1 heterocycles. The Kier molecular flexibility index (Phi) is 5.40. The summed E-state index contributed by atoms with van der Waals surface area (Å²) in [5.74, 6) is 0.599. The van der Waals surface area contributed by atoms with Crippen molar-refractivity contribution < 1.29 is 14.6 Å². The summed E-state index contributed by atoms with van der Waals surface area (Å²) in [7, 11) is 1.58. The van der Waals surface area contributed by atoms with E-state index in [2.05, 4.69) is 11.1 Å². The summed E-state index contributed by atoms with van der Waals surface area (Å²) < 4.78 is 11.0. The van der Waals surface area contributed by atoms with Crippen molar-refractivity contribution in [1.82, 2.24) is 4.90 Å². The number of nitriles is 2. The van der Waals surface area contributed by atoms with Gasteiger partial charge in [-0.05, 0) is 32.0 Å². The average molecular weight is 328 g/mol. The van der Waals surface area contributed by atoms with E-state index < -0.39 is 17.7 Å². The topological polar surface area (TPSA) is 102 Å². The van der Waals surface area contributed by atoms with Crippen LogP contribution in [0.4, 0.5) is 0 Å². The zero-order valence-corrected chi connectivity index (χ0v) is 13.9. The molecule has 1 aliphatic rings. The standard InChI is InChI=1S/C17H20N4O3/c1-17(2)16(22)15(21(6-7-23-3)11-20-10-19)13-8-12(9-18)4-5-14(13)24-17/h4-5,8,11,15-16,22H,6-7H2,1-3H3. The van der Waals surface area contributed by atoms with Gasteiger partial charge in [0.05, 0.1) is 24.3 Å². The maximum Gasteiger partial charge on any atom is 0.207 e. The molecule has 7 nitrogen and oxygen atoms in total. The molecule has 0 aliphatic carbocycles. The lowest BCUT2D eigenvalue weighted by atomic mass is 9.85. The fourth-order valence-electron chi connectivity index (χ4n) is 2.76. The summed E-state index contributed by atoms with van der Waals surface area (Å²) in [4.78, 5) is 5.37. The highest BCUT2D eigenvalue weighted by Crippen LogP contribution is 2.42. The van der Waals surface area contributed by atoms with Crippen LogP contribution in [0.5, 0.6) is 5.75 Å². The summed E-state index contributed by atoms with van der Waals surface area (Å²) in [5, 5.41) is 28.7. The van der Waals surface area contributed by atoms with Gasteiger partial charge in [0.25, 0.3) is 0 Å². The predicted molar refractivity (Wildman–Crippen MR) is 87.3 cm³/mol. The van der Waals surface area contributed by atoms with Gasteiger partial charge in [-0.15, -0.1) is 0 Å². The second-order valence-corrected chi connectivity index (χ2v) is 6.03. The van der Waals surface area contributed by atoms with E-state index in [1.165, 1.54) is 6.34 Å². The summed E-state index contributed by atoms with van der Waals surface area (Å²) in [6.07, 6.45) is 2.22. The van der Waals surface area contributed by atoms with Crippen LogP contribution in [0.15, 0.2) is 23.2 Å². The predicted octanol–water partition coefficient (Wildman–Crippen LogP) is 1.59. The number of rotatable bonds is 5. The van der Waals surface area contributed by atoms with Crippen LogP contribution in [0.2, 0.25) is 0 Å². The fourth-order valence-corrected chi connectivity index (χ4v) is 2.76. The lowest BCUT2D eigenvalue weighted by Crippen LogP contribution is -2.53. The summed E-state index contributed by atoms with van der Waals surface area (Å²) in [5.41, 5.74) is 0.317. The first-order valence-electron chi connectivity index (χ1n) is 7.52. The number of hydrogen-bond acceptors (Lipinski definition) is 6. The summed E-state index contributed by atoms with van der Waals surface area (Å²) in [6.45, 7) is 4.41. The molecule has 7 heteroatoms. The Hall–Kier alpha value is -2.61. The molecule has 1 N–H and O–H groups in total. The van der Waals surface area contributed by atoms with Crippen LogP contribution in [-0.4, -0.2) is 48.3 Å². The molecule has 0 bridgehead atoms. The quantitative estimate of drug-likeness (QED) is 0.500. The number of aliphatic imine (C=N–C) groups is 1. The molecule has 0 saturated heterocycles. The first-order valence-corrected chi connectivity index (χ1v) is 7.52. The normalized spacial score (nSPS) is 21.4. The van der Waals surface area contributed by atoms with Crippen molar-refractivity contribution in [3.63, 3.8) is 0 Å². The van der Waals surface area contributed by atoms with E-state index in [1.54, 1.807) is 50.2 Å². The highest BCUT2D eigenvalue weighted by Gasteiger charge is 2.45. The van der Waals surface area contributed by atoms with Crippen LogP contribution < -0.4 is 4.74 Å². The minimum atomic E-state index is -0.888. The molecular weight excluding hydrogens is 308 g/mol. The Morgan fingerprint density at radius 2 is 2.21 bits per heavy atom. The van der Waals surface area contributed by atoms with Gasteiger partial charge in [0.15, 0.2) is 0 Å². The number of ether oxygens (including phenoxy) is 2. The van der Waals surface area contributed by atoms with Crippen LogP contribution in [0.3, 0.4) is 0 Å². The molecular formula is C17H20N4O3. The number of fused-ring (bicyclic) bond motifs is 1. The molecule has 0 spiro atoms. The van der Waals surface area contributed by atoms with Gasteiger partial charge >= 0.3 is 0 Å². The highest BCUT2D eigenvalue weighted by molar-refractivity contribution is 5.59. The zero-order chi connectivity index (χ0) is 17.7. The summed E-state index contributed by atoms with van der Waals surface area (Å²) >= 11 is 0. The Balaban J connectivity index is 2.53. The van der Waals surface area contributed by atoms with Gasteiger partial charge in [0.1, 0.15) is 23.8 Å². The van der Waals surface area contributed by atoms with E-state index in [0.717, 1.165) is 0 Å². The third kappa shape index (κ3) is 3.48. The number of hydrogen-bond donors (Lipinski definition) is 1. The minimum Gasteiger partial charge on any atom is -0.485 e. The van der Waals surface area contributed by atoms with E-state index in [-0.39, 0.29) is 0 Å². The van der Waals surface area contributed by atoms with Gasteiger partial charge in [-0.2, -0.15) is 15.5 Å². The maximum atomic E-state index is 10.8. The van der Waals surface area contributed by atoms with Crippen molar-refractivity contribution in [2.24, 2.45) is 4.99 Å². The van der Waals surface area contributed by atoms with E-state index in [1.807, 2.05) is 0 Å². The Morgan fingerprint density at radius 1 is 1.46 bits per heavy atom. The SMILES string of the molecule is COCCN(C=NC#N)C1c2cc(C#N)ccc2OC(C)(C)C1O. The Morgan fingerprint density at radius 3 is 2.83 bits per heavy atom. The number of aliphatic hydroxyl groups is 1. The van der Waals surface area contributed by atoms with E-state index in [9.17, 15) is 5.11 Å². The number of methoxy groups -OCH3 is 1. The molecule has 0 amide bonds. The van der Waals surface area contributed by atoms with Gasteiger partial charge in [-0.25, -0.2) is 0 Å². The lowest BCUT2D eigenvalue weighted by molar-refractivity contribution is -0.0823. The van der Waals surface area contributed by atoms with Crippen molar-refractivity contribution in [3.8, 4) is 18.0 Å². The number of benzene rings is 1. The van der Waals surface area contributed by atoms with Gasteiger partial charge < -0.3 is 19.5 Å². The third-order valence-corrected chi connectivity index (χ3v) is 4.02. The second kappa shape index (κ2) is 7.31. The van der Waals surface area contributed by atoms with E-state index in [0.29, 0.717) is 30.0 Å². The van der Waals surface area contributed by atoms with E-state index >= 15 is 0 Å². The maximum absolute atomic E-state index is 10.8. The molecule has 2 unspecified atom stereocenters. The summed E-state index contributed by atoms with van der Waals surface area (Å²) in [6, 6.07) is 6.67. The van der Waals surface area contributed by atoms with Crippen molar-refractivity contribution in [3.05, 3.63) is 29.3 Å². The van der Waals surface area contributed by atoms with Crippen LogP contribution >= 0.6 is 0 Å². The highest BCUT2D eigenvalue weighted by atomic mass is 16.5. The largest absolute Gasteiger partial charge is 0.485 e. The van der Waals surface area contributed by atoms with Gasteiger partial charge in [-0.1, -0.05) is 0 Å². The first kappa shape index (κ1) is 17.7. The Bertz CT molecular complexity index is 703. The zero-order valence-electron chi connectivity index (χ0n) is 13.9. The third-order valence-electron chi connectivity index (χ3n) is 4.02. The van der Waals surface area contributed by atoms with Crippen molar-refractivity contribution in [2.45, 2.75) is 31.6 Å². The minimum absolute atomic E-state index is 0.398. The van der Waals surface area contributed by atoms with Crippen molar-refractivity contribution >= 4 is 6.34 Å². The monoisotopic (exact) mass is 328 g/mol. The molecule has 1 aromatic carbocycles. The molecule has 0 fully saturated rings. The molecule has 0 saturated carbocycles. The van der Waals surface area contributed by atoms with Gasteiger partial charge in [0.2, 0.25) is 6.19 Å². The lowest BCUT2D eigenvalue weighted by Gasteiger charge is -2.45. The number of aliphatic hydroxyl groups excluding tert-OH is 1. The van der Waals surface area contributed by atoms with Crippen LogP contribution in [0, 0.1) is 22.8 Å². The van der Waals surface area contributed by atoms with Crippen LogP contribution in [-0.2, 0) is 4.74 Å². The Labute approximate surface area is 141 Å². The van der Waals surface area contributed by atoms with Crippen LogP contribution in [0.1, 0.15) is 31.0 Å². The molecule has 0 aromatic heterocycles. The molecule has 1 aromatic rings. The van der Waals surface area contributed by atoms with Crippen molar-refractivity contribution in [1.29, 1.82) is 10.5 Å². The van der Waals surface area contributed by atoms with Crippen molar-refractivity contribution in [2.75, 3.05) is 20.3 Å². The average Bonchev–Trinajstić information content (AvgIpc) is 2.56. The molecule has 24 heavy (non-hydrogen) atoms. The van der Waals surface area contributed by atoms with Gasteiger partial charge in [0, 0.05) is 19.2 Å². The molecule has 0 radical (unpaired) electrons. The second-order valence-electron chi connectivity index (χ2n) is 6.03. The number of nitrogens with zero attached hydrogens (tertiary/aromatic N) is 4. The van der Waals surface area contributed by atoms with Gasteiger partial charge in [-0.3, -0.25) is 0 Å². The molecule has 126 valence electrons. The molecule has 2 rings (SSSR count). The molecule has 1 aliphatic heterocycles. The van der Waals surface area contributed by atoms with Crippen LogP contribution in [0.25, 0.3) is 0 Å². The first-order chi connectivity index (χ1) is 11.4.